The summed E-state index contributed by atoms with van der Waals surface area (Å²) < 4.78 is 1.62. The van der Waals surface area contributed by atoms with E-state index in [2.05, 4.69) is 20.3 Å². The number of nitrogens with one attached hydrogen (secondary N) is 1. The molecule has 1 aromatic carbocycles. The predicted molar refractivity (Wildman–Crippen MR) is 91.2 cm³/mol. The molecule has 4 rings (SSSR count). The Hall–Kier alpha value is -3.03. The number of amides is 1. The van der Waals surface area contributed by atoms with Gasteiger partial charge in [-0.05, 0) is 31.9 Å². The maximum atomic E-state index is 12.8. The average Bonchev–Trinajstić information content (AvgIpc) is 3.23. The zero-order valence-corrected chi connectivity index (χ0v) is 13.8. The highest BCUT2D eigenvalue weighted by atomic mass is 16.2. The average molecular weight is 338 g/mol. The first-order chi connectivity index (χ1) is 12.1. The zero-order valence-electron chi connectivity index (χ0n) is 13.8. The summed E-state index contributed by atoms with van der Waals surface area (Å²) in [5.74, 6) is 0.541. The molecular formula is C17H18N6O2. The van der Waals surface area contributed by atoms with Crippen LogP contribution in [0.5, 0.6) is 0 Å². The molecule has 0 spiro atoms. The molecule has 0 radical (unpaired) electrons. The quantitative estimate of drug-likeness (QED) is 0.772. The third-order valence-corrected chi connectivity index (χ3v) is 4.53. The fourth-order valence-electron chi connectivity index (χ4n) is 3.34. The van der Waals surface area contributed by atoms with Gasteiger partial charge in [-0.15, -0.1) is 5.10 Å². The molecule has 128 valence electrons. The largest absolute Gasteiger partial charge is 0.334 e. The van der Waals surface area contributed by atoms with E-state index in [0.29, 0.717) is 23.6 Å². The summed E-state index contributed by atoms with van der Waals surface area (Å²) in [5.41, 5.74) is 1.07. The first kappa shape index (κ1) is 15.5. The van der Waals surface area contributed by atoms with Gasteiger partial charge in [0.2, 0.25) is 0 Å². The second kappa shape index (κ2) is 6.12. The molecule has 1 fully saturated rings. The van der Waals surface area contributed by atoms with E-state index in [4.69, 9.17) is 0 Å². The van der Waals surface area contributed by atoms with Crippen molar-refractivity contribution in [3.8, 4) is 0 Å². The molecule has 1 aliphatic rings. The zero-order chi connectivity index (χ0) is 17.4. The Morgan fingerprint density at radius 2 is 2.12 bits per heavy atom. The number of likely N-dealkylation sites (tertiary alicyclic amines) is 1. The second-order valence-corrected chi connectivity index (χ2v) is 6.26. The Bertz CT molecular complexity index is 978. The van der Waals surface area contributed by atoms with E-state index in [1.54, 1.807) is 11.6 Å². The van der Waals surface area contributed by atoms with Crippen molar-refractivity contribution in [3.63, 3.8) is 0 Å². The second-order valence-electron chi connectivity index (χ2n) is 6.26. The number of hydrogen-bond donors (Lipinski definition) is 1. The van der Waals surface area contributed by atoms with Gasteiger partial charge in [-0.25, -0.2) is 9.67 Å². The topological polar surface area (TPSA) is 96.8 Å². The first-order valence-corrected chi connectivity index (χ1v) is 8.29. The number of fused-ring (bicyclic) bond motifs is 1. The standard InChI is InChI=1S/C17H18N6O2/c1-11-18-15-14(16(24)19-11)20-21-23(15)10-13-8-5-9-22(13)17(25)12-6-3-2-4-7-12/h2-4,6-7,13H,5,8-10H2,1H3,(H,18,19,24)/t13-/m1/s1. The molecule has 0 bridgehead atoms. The summed E-state index contributed by atoms with van der Waals surface area (Å²) in [5, 5.41) is 8.01. The smallest absolute Gasteiger partial charge is 0.281 e. The number of aryl methyl sites for hydroxylation is 1. The predicted octanol–water partition coefficient (Wildman–Crippen LogP) is 1.13. The minimum atomic E-state index is -0.294. The summed E-state index contributed by atoms with van der Waals surface area (Å²) in [7, 11) is 0. The van der Waals surface area contributed by atoms with E-state index in [1.807, 2.05) is 35.2 Å². The van der Waals surface area contributed by atoms with Gasteiger partial charge < -0.3 is 9.88 Å². The van der Waals surface area contributed by atoms with Crippen LogP contribution in [0.15, 0.2) is 35.1 Å². The van der Waals surface area contributed by atoms with Crippen LogP contribution in [0, 0.1) is 6.92 Å². The van der Waals surface area contributed by atoms with Crippen LogP contribution in [0.25, 0.3) is 11.2 Å². The van der Waals surface area contributed by atoms with Gasteiger partial charge >= 0.3 is 0 Å². The molecule has 8 nitrogen and oxygen atoms in total. The van der Waals surface area contributed by atoms with Gasteiger partial charge in [-0.1, -0.05) is 23.4 Å². The molecule has 8 heteroatoms. The molecule has 1 atom stereocenters. The maximum absolute atomic E-state index is 12.8. The third kappa shape index (κ3) is 2.79. The fourth-order valence-corrected chi connectivity index (χ4v) is 3.34. The molecule has 0 aliphatic carbocycles. The van der Waals surface area contributed by atoms with Crippen molar-refractivity contribution in [2.24, 2.45) is 0 Å². The van der Waals surface area contributed by atoms with Crippen molar-refractivity contribution in [3.05, 3.63) is 52.1 Å². The van der Waals surface area contributed by atoms with E-state index in [9.17, 15) is 9.59 Å². The molecule has 1 saturated heterocycles. The van der Waals surface area contributed by atoms with Crippen LogP contribution in [0.2, 0.25) is 0 Å². The SMILES string of the molecule is Cc1nc2c(nnn2C[C@H]2CCCN2C(=O)c2ccccc2)c(=O)[nH]1. The van der Waals surface area contributed by atoms with Crippen LogP contribution >= 0.6 is 0 Å². The van der Waals surface area contributed by atoms with Crippen molar-refractivity contribution in [2.45, 2.75) is 32.4 Å². The summed E-state index contributed by atoms with van der Waals surface area (Å²) in [6.07, 6.45) is 1.84. The molecule has 1 N–H and O–H groups in total. The summed E-state index contributed by atoms with van der Waals surface area (Å²) >= 11 is 0. The first-order valence-electron chi connectivity index (χ1n) is 8.29. The van der Waals surface area contributed by atoms with Crippen molar-refractivity contribution >= 4 is 17.1 Å². The number of benzene rings is 1. The van der Waals surface area contributed by atoms with E-state index < -0.39 is 0 Å². The molecule has 0 saturated carbocycles. The van der Waals surface area contributed by atoms with Gasteiger partial charge in [0.25, 0.3) is 11.5 Å². The van der Waals surface area contributed by atoms with Crippen molar-refractivity contribution in [1.29, 1.82) is 0 Å². The summed E-state index contributed by atoms with van der Waals surface area (Å²) in [4.78, 5) is 33.5. The Kier molecular flexibility index (Phi) is 3.79. The summed E-state index contributed by atoms with van der Waals surface area (Å²) in [6, 6.07) is 9.29. The van der Waals surface area contributed by atoms with Gasteiger partial charge in [0.1, 0.15) is 5.82 Å². The normalized spacial score (nSPS) is 17.3. The molecule has 25 heavy (non-hydrogen) atoms. The van der Waals surface area contributed by atoms with Crippen molar-refractivity contribution < 1.29 is 4.79 Å². The number of carbonyl (C=O) groups excluding carboxylic acids is 1. The van der Waals surface area contributed by atoms with Gasteiger partial charge in [-0.2, -0.15) is 0 Å². The van der Waals surface area contributed by atoms with Crippen molar-refractivity contribution in [1.82, 2.24) is 29.9 Å². The monoisotopic (exact) mass is 338 g/mol. The van der Waals surface area contributed by atoms with E-state index >= 15 is 0 Å². The number of aromatic nitrogens is 5. The molecular weight excluding hydrogens is 320 g/mol. The van der Waals surface area contributed by atoms with Crippen LogP contribution in [0.3, 0.4) is 0 Å². The minimum Gasteiger partial charge on any atom is -0.334 e. The van der Waals surface area contributed by atoms with Gasteiger partial charge in [0.15, 0.2) is 11.2 Å². The summed E-state index contributed by atoms with van der Waals surface area (Å²) in [6.45, 7) is 2.92. The molecule has 1 amide bonds. The van der Waals surface area contributed by atoms with Crippen LogP contribution in [-0.2, 0) is 6.54 Å². The van der Waals surface area contributed by atoms with E-state index in [-0.39, 0.29) is 23.0 Å². The highest BCUT2D eigenvalue weighted by Gasteiger charge is 2.30. The lowest BCUT2D eigenvalue weighted by molar-refractivity contribution is 0.0722. The van der Waals surface area contributed by atoms with Crippen LogP contribution in [-0.4, -0.2) is 48.4 Å². The van der Waals surface area contributed by atoms with Crippen LogP contribution < -0.4 is 5.56 Å². The van der Waals surface area contributed by atoms with E-state index in [0.717, 1.165) is 19.4 Å². The number of H-pyrrole nitrogens is 1. The lowest BCUT2D eigenvalue weighted by Gasteiger charge is -2.24. The lowest BCUT2D eigenvalue weighted by atomic mass is 10.1. The molecule has 0 unspecified atom stereocenters. The number of aromatic amines is 1. The Labute approximate surface area is 143 Å². The Morgan fingerprint density at radius 3 is 2.92 bits per heavy atom. The van der Waals surface area contributed by atoms with Gasteiger partial charge in [0, 0.05) is 12.1 Å². The van der Waals surface area contributed by atoms with Gasteiger partial charge in [0.05, 0.1) is 12.6 Å². The van der Waals surface area contributed by atoms with Gasteiger partial charge in [-0.3, -0.25) is 9.59 Å². The lowest BCUT2D eigenvalue weighted by Crippen LogP contribution is -2.38. The molecule has 3 heterocycles. The Morgan fingerprint density at radius 1 is 1.32 bits per heavy atom. The number of carbonyl (C=O) groups is 1. The number of hydrogen-bond acceptors (Lipinski definition) is 5. The van der Waals surface area contributed by atoms with Crippen LogP contribution in [0.1, 0.15) is 29.0 Å². The number of nitrogens with zero attached hydrogens (tertiary/aromatic N) is 5. The molecule has 1 aliphatic heterocycles. The minimum absolute atomic E-state index is 0.0130. The highest BCUT2D eigenvalue weighted by Crippen LogP contribution is 2.22. The molecule has 2 aromatic heterocycles. The maximum Gasteiger partial charge on any atom is 0.281 e. The highest BCUT2D eigenvalue weighted by molar-refractivity contribution is 5.94. The van der Waals surface area contributed by atoms with E-state index in [1.165, 1.54) is 0 Å². The fraction of sp³-hybridized carbons (Fsp3) is 0.353. The molecule has 3 aromatic rings. The Balaban J connectivity index is 1.62. The third-order valence-electron chi connectivity index (χ3n) is 4.53. The van der Waals surface area contributed by atoms with Crippen LogP contribution in [0.4, 0.5) is 0 Å². The number of rotatable bonds is 3. The van der Waals surface area contributed by atoms with Crippen molar-refractivity contribution in [2.75, 3.05) is 6.54 Å².